The molecule has 2 aromatic carbocycles. The molecule has 2 N–H and O–H groups in total. The summed E-state index contributed by atoms with van der Waals surface area (Å²) in [5, 5.41) is 3.97. The minimum Gasteiger partial charge on any atom is -0.490 e. The van der Waals surface area contributed by atoms with Crippen LogP contribution in [0.4, 0.5) is 0 Å². The third kappa shape index (κ3) is 7.77. The molecule has 2 aromatic rings. The molecule has 0 aliphatic heterocycles. The first-order valence-corrected chi connectivity index (χ1v) is 13.1. The van der Waals surface area contributed by atoms with Crippen molar-refractivity contribution in [3.05, 3.63) is 51.1 Å². The van der Waals surface area contributed by atoms with Crippen LogP contribution >= 0.6 is 22.6 Å². The zero-order valence-corrected chi connectivity index (χ0v) is 22.6. The summed E-state index contributed by atoms with van der Waals surface area (Å²) in [7, 11) is -3.90. The van der Waals surface area contributed by atoms with Gasteiger partial charge in [-0.2, -0.15) is 9.82 Å². The number of halogens is 1. The summed E-state index contributed by atoms with van der Waals surface area (Å²) in [6, 6.07) is 8.65. The molecule has 0 unspecified atom stereocenters. The zero-order valence-electron chi connectivity index (χ0n) is 19.6. The number of benzene rings is 2. The smallest absolute Gasteiger partial charge is 0.308 e. The quantitative estimate of drug-likeness (QED) is 0.142. The molecule has 0 saturated heterocycles. The van der Waals surface area contributed by atoms with E-state index in [0.29, 0.717) is 27.2 Å². The van der Waals surface area contributed by atoms with Gasteiger partial charge in [0.1, 0.15) is 6.04 Å². The van der Waals surface area contributed by atoms with Gasteiger partial charge in [-0.3, -0.25) is 9.59 Å². The van der Waals surface area contributed by atoms with E-state index in [1.54, 1.807) is 45.0 Å². The fourth-order valence-electron chi connectivity index (χ4n) is 2.85. The van der Waals surface area contributed by atoms with E-state index < -0.39 is 27.9 Å². The van der Waals surface area contributed by atoms with Gasteiger partial charge in [0.2, 0.25) is 10.0 Å². The predicted molar refractivity (Wildman–Crippen MR) is 138 cm³/mol. The van der Waals surface area contributed by atoms with Crippen LogP contribution in [0.2, 0.25) is 0 Å². The Bertz CT molecular complexity index is 1160. The van der Waals surface area contributed by atoms with E-state index in [1.807, 2.05) is 29.5 Å². The van der Waals surface area contributed by atoms with E-state index in [0.717, 1.165) is 5.56 Å². The minimum absolute atomic E-state index is 0.0750. The maximum absolute atomic E-state index is 12.7. The lowest BCUT2D eigenvalue weighted by Crippen LogP contribution is -2.48. The summed E-state index contributed by atoms with van der Waals surface area (Å²) >= 11 is 2.01. The van der Waals surface area contributed by atoms with Gasteiger partial charge in [0.05, 0.1) is 21.3 Å². The Morgan fingerprint density at radius 3 is 2.38 bits per heavy atom. The molecule has 0 aliphatic carbocycles. The molecule has 184 valence electrons. The summed E-state index contributed by atoms with van der Waals surface area (Å²) in [5.74, 6) is -0.729. The average Bonchev–Trinajstić information content (AvgIpc) is 2.74. The molecule has 0 fully saturated rings. The number of hydrogen-bond acceptors (Lipinski definition) is 7. The second-order valence-electron chi connectivity index (χ2n) is 7.75. The predicted octanol–water partition coefficient (Wildman–Crippen LogP) is 3.38. The van der Waals surface area contributed by atoms with Crippen molar-refractivity contribution >= 4 is 50.7 Å². The normalized spacial score (nSPS) is 12.6. The van der Waals surface area contributed by atoms with Gasteiger partial charge >= 0.3 is 5.97 Å². The maximum Gasteiger partial charge on any atom is 0.308 e. The molecule has 11 heteroatoms. The molecular weight excluding hydrogens is 573 g/mol. The van der Waals surface area contributed by atoms with E-state index in [9.17, 15) is 18.0 Å². The Hall–Kier alpha value is -2.51. The Kier molecular flexibility index (Phi) is 10.0. The van der Waals surface area contributed by atoms with Crippen molar-refractivity contribution in [1.29, 1.82) is 0 Å². The Balaban J connectivity index is 2.17. The highest BCUT2D eigenvalue weighted by Crippen LogP contribution is 2.34. The third-order valence-corrected chi connectivity index (χ3v) is 6.79. The van der Waals surface area contributed by atoms with E-state index >= 15 is 0 Å². The van der Waals surface area contributed by atoms with Gasteiger partial charge in [-0.05, 0) is 72.2 Å². The van der Waals surface area contributed by atoms with Crippen LogP contribution in [0.3, 0.4) is 0 Å². The monoisotopic (exact) mass is 601 g/mol. The van der Waals surface area contributed by atoms with Crippen molar-refractivity contribution in [3.63, 3.8) is 0 Å². The van der Waals surface area contributed by atoms with E-state index in [2.05, 4.69) is 15.2 Å². The molecule has 1 atom stereocenters. The van der Waals surface area contributed by atoms with Crippen LogP contribution in [0, 0.1) is 16.4 Å². The maximum atomic E-state index is 12.7. The first-order chi connectivity index (χ1) is 15.9. The van der Waals surface area contributed by atoms with Gasteiger partial charge in [0, 0.05) is 6.92 Å². The number of ether oxygens (including phenoxy) is 2. The number of sulfonamides is 1. The Morgan fingerprint density at radius 1 is 1.18 bits per heavy atom. The van der Waals surface area contributed by atoms with Gasteiger partial charge in [0.15, 0.2) is 11.5 Å². The summed E-state index contributed by atoms with van der Waals surface area (Å²) < 4.78 is 39.3. The van der Waals surface area contributed by atoms with Crippen LogP contribution in [0.1, 0.15) is 38.8 Å². The third-order valence-electron chi connectivity index (χ3n) is 4.53. The Morgan fingerprint density at radius 2 is 1.82 bits per heavy atom. The average molecular weight is 601 g/mol. The lowest BCUT2D eigenvalue weighted by Gasteiger charge is -2.20. The second-order valence-corrected chi connectivity index (χ2v) is 10.6. The number of nitrogens with zero attached hydrogens (tertiary/aromatic N) is 1. The van der Waals surface area contributed by atoms with Crippen molar-refractivity contribution in [2.75, 3.05) is 6.61 Å². The molecule has 2 rings (SSSR count). The molecule has 0 saturated carbocycles. The number of esters is 1. The number of carbonyl (C=O) groups is 2. The topological polar surface area (TPSA) is 123 Å². The van der Waals surface area contributed by atoms with Crippen molar-refractivity contribution < 1.29 is 27.5 Å². The summed E-state index contributed by atoms with van der Waals surface area (Å²) in [6.45, 7) is 8.78. The van der Waals surface area contributed by atoms with E-state index in [-0.39, 0.29) is 10.8 Å². The molecule has 0 radical (unpaired) electrons. The largest absolute Gasteiger partial charge is 0.490 e. The molecule has 0 aromatic heterocycles. The zero-order chi connectivity index (χ0) is 25.5. The minimum atomic E-state index is -3.90. The number of hydrogen-bond donors (Lipinski definition) is 2. The highest BCUT2D eigenvalue weighted by Gasteiger charge is 2.28. The number of rotatable bonds is 10. The fraction of sp³-hybridized carbons (Fsp3) is 0.348. The molecule has 0 spiro atoms. The van der Waals surface area contributed by atoms with Crippen LogP contribution in [-0.2, 0) is 19.6 Å². The van der Waals surface area contributed by atoms with Gasteiger partial charge in [-0.15, -0.1) is 0 Å². The van der Waals surface area contributed by atoms with Crippen molar-refractivity contribution in [3.8, 4) is 11.5 Å². The number of amides is 1. The molecule has 0 heterocycles. The van der Waals surface area contributed by atoms with Crippen molar-refractivity contribution in [2.24, 2.45) is 11.0 Å². The van der Waals surface area contributed by atoms with Crippen LogP contribution in [0.5, 0.6) is 11.5 Å². The lowest BCUT2D eigenvalue weighted by molar-refractivity contribution is -0.132. The Labute approximate surface area is 213 Å². The van der Waals surface area contributed by atoms with Crippen LogP contribution in [-0.4, -0.2) is 39.2 Å². The standard InChI is InChI=1S/C23H28IN3O6S/c1-6-32-20-12-17(11-19(24)22(20)33-16(5)28)13-25-26-23(29)21(14(2)3)27-34(30,31)18-9-7-15(4)8-10-18/h7-14,21,27H,6H2,1-5H3,(H,26,29)/b25-13-/t21-/m0/s1. The summed E-state index contributed by atoms with van der Waals surface area (Å²) in [6.07, 6.45) is 1.39. The SMILES string of the molecule is CCOc1cc(/C=N\NC(=O)[C@@H](NS(=O)(=O)c2ccc(C)cc2)C(C)C)cc(I)c1OC(C)=O. The van der Waals surface area contributed by atoms with Gasteiger partial charge < -0.3 is 9.47 Å². The van der Waals surface area contributed by atoms with Gasteiger partial charge in [-0.1, -0.05) is 31.5 Å². The number of carbonyl (C=O) groups excluding carboxylic acids is 2. The van der Waals surface area contributed by atoms with E-state index in [4.69, 9.17) is 9.47 Å². The van der Waals surface area contributed by atoms with Gasteiger partial charge in [-0.25, -0.2) is 13.8 Å². The van der Waals surface area contributed by atoms with Crippen LogP contribution in [0.25, 0.3) is 0 Å². The molecule has 0 aliphatic rings. The molecule has 1 amide bonds. The second kappa shape index (κ2) is 12.3. The molecule has 34 heavy (non-hydrogen) atoms. The fourth-order valence-corrected chi connectivity index (χ4v) is 4.93. The molecule has 0 bridgehead atoms. The van der Waals surface area contributed by atoms with E-state index in [1.165, 1.54) is 25.3 Å². The van der Waals surface area contributed by atoms with Crippen LogP contribution in [0.15, 0.2) is 46.4 Å². The summed E-state index contributed by atoms with van der Waals surface area (Å²) in [5.41, 5.74) is 3.90. The van der Waals surface area contributed by atoms with Crippen molar-refractivity contribution in [2.45, 2.75) is 45.6 Å². The molecule has 9 nitrogen and oxygen atoms in total. The highest BCUT2D eigenvalue weighted by atomic mass is 127. The number of hydrazone groups is 1. The van der Waals surface area contributed by atoms with Crippen LogP contribution < -0.4 is 19.6 Å². The lowest BCUT2D eigenvalue weighted by atomic mass is 10.1. The van der Waals surface area contributed by atoms with Gasteiger partial charge in [0.25, 0.3) is 5.91 Å². The summed E-state index contributed by atoms with van der Waals surface area (Å²) in [4.78, 5) is 24.2. The molecular formula is C23H28IN3O6S. The number of aryl methyl sites for hydroxylation is 1. The first kappa shape index (κ1) is 27.7. The first-order valence-electron chi connectivity index (χ1n) is 10.5. The number of nitrogens with one attached hydrogen (secondary N) is 2. The highest BCUT2D eigenvalue weighted by molar-refractivity contribution is 14.1. The van der Waals surface area contributed by atoms with Crippen molar-refractivity contribution in [1.82, 2.24) is 10.1 Å².